The number of pyridine rings is 1. The maximum Gasteiger partial charge on any atom is 0.417 e. The molecule has 0 fully saturated rings. The Morgan fingerprint density at radius 1 is 1.07 bits per heavy atom. The first-order chi connectivity index (χ1) is 12.5. The molecule has 0 unspecified atom stereocenters. The van der Waals surface area contributed by atoms with Crippen LogP contribution in [0.15, 0.2) is 24.4 Å². The Labute approximate surface area is 158 Å². The molecule has 1 N–H and O–H groups in total. The van der Waals surface area contributed by atoms with Crippen molar-refractivity contribution >= 4 is 40.9 Å². The molecule has 1 aromatic heterocycles. The second-order valence-electron chi connectivity index (χ2n) is 4.92. The van der Waals surface area contributed by atoms with E-state index in [1.807, 2.05) is 5.32 Å². The Morgan fingerprint density at radius 2 is 1.70 bits per heavy atom. The zero-order valence-corrected chi connectivity index (χ0v) is 14.3. The summed E-state index contributed by atoms with van der Waals surface area (Å²) in [7, 11) is 0. The van der Waals surface area contributed by atoms with Crippen LogP contribution in [0.25, 0.3) is 0 Å². The first-order valence-corrected chi connectivity index (χ1v) is 7.59. The summed E-state index contributed by atoms with van der Waals surface area (Å²) in [5, 5.41) is 1.11. The second kappa shape index (κ2) is 8.05. The number of benzene rings is 1. The molecular weight excluding hydrogens is 422 g/mol. The van der Waals surface area contributed by atoms with Crippen LogP contribution in [-0.2, 0) is 15.7 Å². The van der Waals surface area contributed by atoms with Gasteiger partial charge in [0.1, 0.15) is 0 Å². The van der Waals surface area contributed by atoms with Crippen molar-refractivity contribution in [3.63, 3.8) is 0 Å². The van der Waals surface area contributed by atoms with E-state index in [1.54, 1.807) is 0 Å². The minimum absolute atomic E-state index is 0.392. The van der Waals surface area contributed by atoms with Gasteiger partial charge in [0.15, 0.2) is 24.1 Å². The van der Waals surface area contributed by atoms with Gasteiger partial charge in [-0.1, -0.05) is 23.2 Å². The maximum absolute atomic E-state index is 13.1. The fourth-order valence-electron chi connectivity index (χ4n) is 1.74. The standard InChI is InChI=1S/C15H7Cl2F5N2O3/c16-8-3-11(19)10(18)2-7(8)14(26)27-5-12(25)24-13-9(17)1-6(4-23-13)15(20,21)22/h1-4H,5H2,(H,23,24,25). The molecule has 0 saturated heterocycles. The van der Waals surface area contributed by atoms with Gasteiger partial charge in [-0.3, -0.25) is 4.79 Å². The number of hydrogen-bond acceptors (Lipinski definition) is 4. The van der Waals surface area contributed by atoms with Gasteiger partial charge < -0.3 is 10.1 Å². The van der Waals surface area contributed by atoms with Crippen LogP contribution in [0.1, 0.15) is 15.9 Å². The number of halogens is 7. The van der Waals surface area contributed by atoms with Crippen molar-refractivity contribution in [1.82, 2.24) is 4.98 Å². The fourth-order valence-corrected chi connectivity index (χ4v) is 2.18. The first kappa shape index (κ1) is 20.8. The molecule has 0 spiro atoms. The van der Waals surface area contributed by atoms with E-state index in [9.17, 15) is 31.5 Å². The summed E-state index contributed by atoms with van der Waals surface area (Å²) in [6.45, 7) is -0.910. The molecule has 27 heavy (non-hydrogen) atoms. The van der Waals surface area contributed by atoms with Crippen molar-refractivity contribution in [3.8, 4) is 0 Å². The predicted octanol–water partition coefficient (Wildman–Crippen LogP) is 4.48. The van der Waals surface area contributed by atoms with Crippen molar-refractivity contribution in [2.24, 2.45) is 0 Å². The third-order valence-electron chi connectivity index (χ3n) is 2.99. The third-order valence-corrected chi connectivity index (χ3v) is 3.59. The van der Waals surface area contributed by atoms with E-state index in [2.05, 4.69) is 9.72 Å². The average molecular weight is 429 g/mol. The number of esters is 1. The molecule has 0 atom stereocenters. The van der Waals surface area contributed by atoms with E-state index >= 15 is 0 Å². The van der Waals surface area contributed by atoms with Crippen molar-refractivity contribution in [2.45, 2.75) is 6.18 Å². The van der Waals surface area contributed by atoms with E-state index in [0.29, 0.717) is 24.4 Å². The Balaban J connectivity index is 2.01. The molecule has 2 aromatic rings. The van der Waals surface area contributed by atoms with Crippen molar-refractivity contribution in [2.75, 3.05) is 11.9 Å². The van der Waals surface area contributed by atoms with Gasteiger partial charge in [-0.15, -0.1) is 0 Å². The molecule has 0 aliphatic heterocycles. The molecule has 5 nitrogen and oxygen atoms in total. The lowest BCUT2D eigenvalue weighted by Gasteiger charge is -2.10. The number of nitrogens with zero attached hydrogens (tertiary/aromatic N) is 1. The smallest absolute Gasteiger partial charge is 0.417 e. The minimum atomic E-state index is -4.67. The van der Waals surface area contributed by atoms with Crippen LogP contribution in [-0.4, -0.2) is 23.5 Å². The third kappa shape index (κ3) is 5.27. The number of hydrogen-bond donors (Lipinski definition) is 1. The molecule has 144 valence electrons. The van der Waals surface area contributed by atoms with Crippen molar-refractivity contribution in [1.29, 1.82) is 0 Å². The van der Waals surface area contributed by atoms with E-state index in [4.69, 9.17) is 23.2 Å². The van der Waals surface area contributed by atoms with E-state index in [0.717, 1.165) is 0 Å². The molecule has 12 heteroatoms. The van der Waals surface area contributed by atoms with Gasteiger partial charge in [-0.2, -0.15) is 13.2 Å². The number of carbonyl (C=O) groups is 2. The highest BCUT2D eigenvalue weighted by Gasteiger charge is 2.31. The molecule has 1 amide bonds. The van der Waals surface area contributed by atoms with Crippen LogP contribution < -0.4 is 5.32 Å². The number of nitrogens with one attached hydrogen (secondary N) is 1. The average Bonchev–Trinajstić information content (AvgIpc) is 2.57. The molecule has 0 radical (unpaired) electrons. The largest absolute Gasteiger partial charge is 0.452 e. The molecule has 0 aliphatic carbocycles. The molecule has 1 aromatic carbocycles. The van der Waals surface area contributed by atoms with Crippen molar-refractivity contribution in [3.05, 3.63) is 57.2 Å². The van der Waals surface area contributed by atoms with E-state index in [1.165, 1.54) is 0 Å². The zero-order valence-electron chi connectivity index (χ0n) is 12.8. The maximum atomic E-state index is 13.1. The Bertz CT molecular complexity index is 906. The highest BCUT2D eigenvalue weighted by Crippen LogP contribution is 2.32. The number of ether oxygens (including phenoxy) is 1. The molecular formula is C15H7Cl2F5N2O3. The van der Waals surface area contributed by atoms with E-state index < -0.39 is 63.3 Å². The summed E-state index contributed by atoms with van der Waals surface area (Å²) in [5.74, 6) is -5.23. The van der Waals surface area contributed by atoms with E-state index in [-0.39, 0.29) is 0 Å². The number of rotatable bonds is 4. The number of alkyl halides is 3. The second-order valence-corrected chi connectivity index (χ2v) is 5.74. The number of anilines is 1. The summed E-state index contributed by atoms with van der Waals surface area (Å²) in [6.07, 6.45) is -4.22. The van der Waals surface area contributed by atoms with Gasteiger partial charge in [0.25, 0.3) is 5.91 Å². The predicted molar refractivity (Wildman–Crippen MR) is 84.5 cm³/mol. The summed E-state index contributed by atoms with van der Waals surface area (Å²) < 4.78 is 68.2. The molecule has 1 heterocycles. The number of carbonyl (C=O) groups excluding carboxylic acids is 2. The SMILES string of the molecule is O=C(COC(=O)c1cc(F)c(F)cc1Cl)Nc1ncc(C(F)(F)F)cc1Cl. The topological polar surface area (TPSA) is 68.3 Å². The van der Waals surface area contributed by atoms with Crippen LogP contribution in [0.3, 0.4) is 0 Å². The van der Waals surface area contributed by atoms with Gasteiger partial charge in [-0.05, 0) is 18.2 Å². The first-order valence-electron chi connectivity index (χ1n) is 6.83. The molecule has 0 aliphatic rings. The summed E-state index contributed by atoms with van der Waals surface area (Å²) in [5.41, 5.74) is -1.64. The Kier molecular flexibility index (Phi) is 6.22. The minimum Gasteiger partial charge on any atom is -0.452 e. The Hall–Kier alpha value is -2.46. The van der Waals surface area contributed by atoms with Crippen LogP contribution in [0.2, 0.25) is 10.0 Å². The van der Waals surface area contributed by atoms with Gasteiger partial charge in [-0.25, -0.2) is 18.6 Å². The van der Waals surface area contributed by atoms with Gasteiger partial charge >= 0.3 is 12.1 Å². The molecule has 2 rings (SSSR count). The summed E-state index contributed by atoms with van der Waals surface area (Å²) >= 11 is 11.2. The molecule has 0 bridgehead atoms. The normalized spacial score (nSPS) is 11.2. The monoisotopic (exact) mass is 428 g/mol. The van der Waals surface area contributed by atoms with Gasteiger partial charge in [0, 0.05) is 6.20 Å². The lowest BCUT2D eigenvalue weighted by molar-refractivity contribution is -0.137. The van der Waals surface area contributed by atoms with Gasteiger partial charge in [0.2, 0.25) is 0 Å². The zero-order chi connectivity index (χ0) is 20.4. The van der Waals surface area contributed by atoms with Crippen LogP contribution in [0.4, 0.5) is 27.8 Å². The van der Waals surface area contributed by atoms with Crippen LogP contribution >= 0.6 is 23.2 Å². The number of amides is 1. The quantitative estimate of drug-likeness (QED) is 0.442. The highest BCUT2D eigenvalue weighted by molar-refractivity contribution is 6.34. The summed E-state index contributed by atoms with van der Waals surface area (Å²) in [6, 6.07) is 1.60. The fraction of sp³-hybridized carbons (Fsp3) is 0.133. The van der Waals surface area contributed by atoms with Crippen LogP contribution in [0, 0.1) is 11.6 Å². The van der Waals surface area contributed by atoms with Gasteiger partial charge in [0.05, 0.1) is 21.2 Å². The lowest BCUT2D eigenvalue weighted by atomic mass is 10.2. The van der Waals surface area contributed by atoms with Crippen LogP contribution in [0.5, 0.6) is 0 Å². The lowest BCUT2D eigenvalue weighted by Crippen LogP contribution is -2.22. The highest BCUT2D eigenvalue weighted by atomic mass is 35.5. The number of aromatic nitrogens is 1. The Morgan fingerprint density at radius 3 is 2.30 bits per heavy atom. The summed E-state index contributed by atoms with van der Waals surface area (Å²) in [4.78, 5) is 26.8. The van der Waals surface area contributed by atoms with Crippen molar-refractivity contribution < 1.29 is 36.3 Å². The molecule has 0 saturated carbocycles.